The number of hydrogen-bond acceptors (Lipinski definition) is 4. The topological polar surface area (TPSA) is 49.3 Å². The Kier molecular flexibility index (Phi) is 6.37. The van der Waals surface area contributed by atoms with E-state index >= 15 is 0 Å². The van der Waals surface area contributed by atoms with E-state index in [1.807, 2.05) is 74.2 Å². The maximum Gasteiger partial charge on any atom is 0.272 e. The molecule has 0 saturated heterocycles. The van der Waals surface area contributed by atoms with Gasteiger partial charge >= 0.3 is 0 Å². The quantitative estimate of drug-likeness (QED) is 0.606. The summed E-state index contributed by atoms with van der Waals surface area (Å²) < 4.78 is 0. The van der Waals surface area contributed by atoms with E-state index in [0.29, 0.717) is 31.3 Å². The zero-order valence-corrected chi connectivity index (χ0v) is 16.7. The highest BCUT2D eigenvalue weighted by atomic mass is 16.2. The molecule has 0 unspecified atom stereocenters. The van der Waals surface area contributed by atoms with E-state index in [0.717, 1.165) is 16.9 Å². The van der Waals surface area contributed by atoms with E-state index in [2.05, 4.69) is 22.1 Å². The molecule has 0 N–H and O–H groups in total. The average Bonchev–Trinajstić information content (AvgIpc) is 2.73. The Bertz CT molecular complexity index is 908. The van der Waals surface area contributed by atoms with Gasteiger partial charge in [-0.15, -0.1) is 0 Å². The lowest BCUT2D eigenvalue weighted by Gasteiger charge is -2.24. The summed E-state index contributed by atoms with van der Waals surface area (Å²) in [5, 5.41) is 0. The minimum absolute atomic E-state index is 0.0653. The molecule has 144 valence electrons. The van der Waals surface area contributed by atoms with Gasteiger partial charge in [0.2, 0.25) is 5.95 Å². The normalized spacial score (nSPS) is 10.5. The molecule has 0 spiro atoms. The number of aryl methyl sites for hydroxylation is 1. The highest BCUT2D eigenvalue weighted by Gasteiger charge is 2.19. The Morgan fingerprint density at radius 3 is 2.11 bits per heavy atom. The van der Waals surface area contributed by atoms with Crippen LogP contribution in [0.2, 0.25) is 0 Å². The molecule has 0 aliphatic carbocycles. The lowest BCUT2D eigenvalue weighted by Crippen LogP contribution is -2.32. The van der Waals surface area contributed by atoms with Crippen molar-refractivity contribution in [3.05, 3.63) is 83.7 Å². The summed E-state index contributed by atoms with van der Waals surface area (Å²) in [5.74, 6) is 0.468. The number of hydrogen-bond donors (Lipinski definition) is 0. The number of aromatic nitrogens is 2. The average molecular weight is 374 g/mol. The number of carbonyl (C=O) groups is 1. The number of anilines is 2. The summed E-state index contributed by atoms with van der Waals surface area (Å²) in [6.45, 7) is 7.77. The van der Waals surface area contributed by atoms with Gasteiger partial charge in [0.05, 0.1) is 6.54 Å². The minimum atomic E-state index is -0.0653. The van der Waals surface area contributed by atoms with Gasteiger partial charge in [-0.25, -0.2) is 9.97 Å². The van der Waals surface area contributed by atoms with Crippen LogP contribution in [0, 0.1) is 6.92 Å². The molecule has 2 aromatic carbocycles. The Morgan fingerprint density at radius 2 is 1.50 bits per heavy atom. The van der Waals surface area contributed by atoms with Crippen molar-refractivity contribution in [3.63, 3.8) is 0 Å². The molecule has 0 aliphatic heterocycles. The molecular weight excluding hydrogens is 348 g/mol. The Hall–Kier alpha value is -3.21. The molecule has 0 radical (unpaired) electrons. The van der Waals surface area contributed by atoms with E-state index in [1.165, 1.54) is 0 Å². The Morgan fingerprint density at radius 1 is 0.893 bits per heavy atom. The third-order valence-corrected chi connectivity index (χ3v) is 4.60. The molecule has 3 rings (SSSR count). The van der Waals surface area contributed by atoms with Gasteiger partial charge in [-0.05, 0) is 44.5 Å². The molecule has 3 aromatic rings. The van der Waals surface area contributed by atoms with Crippen molar-refractivity contribution >= 4 is 17.5 Å². The molecular formula is C23H26N4O. The monoisotopic (exact) mass is 374 g/mol. The predicted octanol–water partition coefficient (Wildman–Crippen LogP) is 4.61. The lowest BCUT2D eigenvalue weighted by atomic mass is 10.2. The SMILES string of the molecule is CCN(CC)C(=O)c1cc(C)nc(N(Cc2ccccc2)c2ccccc2)n1. The van der Waals surface area contributed by atoms with Gasteiger partial charge < -0.3 is 9.80 Å². The van der Waals surface area contributed by atoms with Crippen molar-refractivity contribution < 1.29 is 4.79 Å². The molecule has 0 aliphatic rings. The second kappa shape index (κ2) is 9.13. The van der Waals surface area contributed by atoms with Crippen molar-refractivity contribution in [2.24, 2.45) is 0 Å². The molecule has 0 bridgehead atoms. The molecule has 0 saturated carbocycles. The van der Waals surface area contributed by atoms with Crippen molar-refractivity contribution in [2.75, 3.05) is 18.0 Å². The fourth-order valence-electron chi connectivity index (χ4n) is 3.11. The van der Waals surface area contributed by atoms with Crippen LogP contribution in [0.1, 0.15) is 35.6 Å². The molecule has 28 heavy (non-hydrogen) atoms. The first-order valence-electron chi connectivity index (χ1n) is 9.63. The Labute approximate surface area is 166 Å². The summed E-state index contributed by atoms with van der Waals surface area (Å²) in [6, 6.07) is 22.0. The molecule has 5 nitrogen and oxygen atoms in total. The van der Waals surface area contributed by atoms with Crippen LogP contribution in [0.5, 0.6) is 0 Å². The molecule has 0 atom stereocenters. The van der Waals surface area contributed by atoms with Gasteiger partial charge in [-0.1, -0.05) is 48.5 Å². The summed E-state index contributed by atoms with van der Waals surface area (Å²) in [6.07, 6.45) is 0. The molecule has 0 fully saturated rings. The standard InChI is InChI=1S/C23H26N4O/c1-4-26(5-2)22(28)21-16-18(3)24-23(25-21)27(20-14-10-7-11-15-20)17-19-12-8-6-9-13-19/h6-16H,4-5,17H2,1-3H3. The summed E-state index contributed by atoms with van der Waals surface area (Å²) in [7, 11) is 0. The second-order valence-electron chi connectivity index (χ2n) is 6.58. The Balaban J connectivity index is 2.03. The number of amides is 1. The van der Waals surface area contributed by atoms with Gasteiger partial charge in [0.15, 0.2) is 0 Å². The first-order chi connectivity index (χ1) is 13.6. The summed E-state index contributed by atoms with van der Waals surface area (Å²) >= 11 is 0. The van der Waals surface area contributed by atoms with Gasteiger partial charge in [0.25, 0.3) is 5.91 Å². The first-order valence-corrected chi connectivity index (χ1v) is 9.63. The van der Waals surface area contributed by atoms with Crippen molar-refractivity contribution in [1.82, 2.24) is 14.9 Å². The van der Waals surface area contributed by atoms with Crippen LogP contribution in [0.3, 0.4) is 0 Å². The molecule has 1 amide bonds. The van der Waals surface area contributed by atoms with Gasteiger partial charge in [0, 0.05) is 24.5 Å². The van der Waals surface area contributed by atoms with Gasteiger partial charge in [-0.2, -0.15) is 0 Å². The molecule has 5 heteroatoms. The van der Waals surface area contributed by atoms with E-state index in [-0.39, 0.29) is 5.91 Å². The van der Waals surface area contributed by atoms with E-state index in [9.17, 15) is 4.79 Å². The fourth-order valence-corrected chi connectivity index (χ4v) is 3.11. The number of carbonyl (C=O) groups excluding carboxylic acids is 1. The number of para-hydroxylation sites is 1. The molecule has 1 heterocycles. The number of nitrogens with zero attached hydrogens (tertiary/aromatic N) is 4. The second-order valence-corrected chi connectivity index (χ2v) is 6.58. The van der Waals surface area contributed by atoms with Crippen molar-refractivity contribution in [3.8, 4) is 0 Å². The van der Waals surface area contributed by atoms with Crippen molar-refractivity contribution in [1.29, 1.82) is 0 Å². The predicted molar refractivity (Wildman–Crippen MR) is 113 cm³/mol. The van der Waals surface area contributed by atoms with Crippen molar-refractivity contribution in [2.45, 2.75) is 27.3 Å². The van der Waals surface area contributed by atoms with E-state index in [4.69, 9.17) is 0 Å². The fraction of sp³-hybridized carbons (Fsp3) is 0.261. The minimum Gasteiger partial charge on any atom is -0.338 e. The number of rotatable bonds is 7. The summed E-state index contributed by atoms with van der Waals surface area (Å²) in [4.78, 5) is 26.0. The maximum atomic E-state index is 12.8. The number of benzene rings is 2. The van der Waals surface area contributed by atoms with Crippen LogP contribution in [0.4, 0.5) is 11.6 Å². The highest BCUT2D eigenvalue weighted by molar-refractivity contribution is 5.92. The molecule has 1 aromatic heterocycles. The van der Waals surface area contributed by atoms with E-state index < -0.39 is 0 Å². The third kappa shape index (κ3) is 4.55. The maximum absolute atomic E-state index is 12.8. The highest BCUT2D eigenvalue weighted by Crippen LogP contribution is 2.25. The van der Waals surface area contributed by atoms with Crippen LogP contribution in [0.15, 0.2) is 66.7 Å². The van der Waals surface area contributed by atoms with Crippen LogP contribution >= 0.6 is 0 Å². The largest absolute Gasteiger partial charge is 0.338 e. The van der Waals surface area contributed by atoms with Crippen LogP contribution in [0.25, 0.3) is 0 Å². The zero-order chi connectivity index (χ0) is 19.9. The van der Waals surface area contributed by atoms with Crippen LogP contribution < -0.4 is 4.90 Å². The smallest absolute Gasteiger partial charge is 0.272 e. The van der Waals surface area contributed by atoms with Crippen LogP contribution in [-0.2, 0) is 6.54 Å². The third-order valence-electron chi connectivity index (χ3n) is 4.60. The van der Waals surface area contributed by atoms with E-state index in [1.54, 1.807) is 11.0 Å². The summed E-state index contributed by atoms with van der Waals surface area (Å²) in [5.41, 5.74) is 3.33. The van der Waals surface area contributed by atoms with Gasteiger partial charge in [0.1, 0.15) is 5.69 Å². The van der Waals surface area contributed by atoms with Crippen LogP contribution in [-0.4, -0.2) is 33.9 Å². The van der Waals surface area contributed by atoms with Gasteiger partial charge in [-0.3, -0.25) is 4.79 Å². The lowest BCUT2D eigenvalue weighted by molar-refractivity contribution is 0.0767. The zero-order valence-electron chi connectivity index (χ0n) is 16.7. The first kappa shape index (κ1) is 19.5.